The van der Waals surface area contributed by atoms with Gasteiger partial charge in [-0.3, -0.25) is 9.69 Å². The number of carboxylic acid groups (broad SMARTS) is 1. The molecule has 4 heteroatoms. The van der Waals surface area contributed by atoms with E-state index in [2.05, 4.69) is 0 Å². The van der Waals surface area contributed by atoms with Gasteiger partial charge in [0.2, 0.25) is 0 Å². The van der Waals surface area contributed by atoms with Crippen molar-refractivity contribution in [3.05, 3.63) is 34.9 Å². The van der Waals surface area contributed by atoms with Crippen molar-refractivity contribution in [2.24, 2.45) is 0 Å². The standard InChI is InChI=1S/C12H16ClNO2/c1-3-14(4-2)11(12(15)16)9-6-5-7-10(13)8-9/h5-8,11H,3-4H2,1-2H3,(H,15,16). The van der Waals surface area contributed by atoms with Crippen molar-refractivity contribution < 1.29 is 9.90 Å². The van der Waals surface area contributed by atoms with Crippen molar-refractivity contribution in [2.75, 3.05) is 13.1 Å². The highest BCUT2D eigenvalue weighted by molar-refractivity contribution is 6.30. The molecule has 0 amide bonds. The van der Waals surface area contributed by atoms with Gasteiger partial charge >= 0.3 is 5.97 Å². The minimum absolute atomic E-state index is 0.566. The Hall–Kier alpha value is -1.06. The lowest BCUT2D eigenvalue weighted by atomic mass is 10.1. The summed E-state index contributed by atoms with van der Waals surface area (Å²) in [5.41, 5.74) is 0.726. The van der Waals surface area contributed by atoms with Crippen molar-refractivity contribution in [2.45, 2.75) is 19.9 Å². The minimum Gasteiger partial charge on any atom is -0.480 e. The predicted molar refractivity (Wildman–Crippen MR) is 64.7 cm³/mol. The lowest BCUT2D eigenvalue weighted by molar-refractivity contribution is -0.143. The topological polar surface area (TPSA) is 40.5 Å². The van der Waals surface area contributed by atoms with Crippen molar-refractivity contribution in [3.8, 4) is 0 Å². The van der Waals surface area contributed by atoms with Crippen LogP contribution in [0.4, 0.5) is 0 Å². The molecule has 0 spiro atoms. The Morgan fingerprint density at radius 3 is 2.50 bits per heavy atom. The highest BCUT2D eigenvalue weighted by atomic mass is 35.5. The summed E-state index contributed by atoms with van der Waals surface area (Å²) in [6.07, 6.45) is 0. The highest BCUT2D eigenvalue weighted by Gasteiger charge is 2.25. The van der Waals surface area contributed by atoms with E-state index in [1.807, 2.05) is 18.7 Å². The van der Waals surface area contributed by atoms with Gasteiger partial charge in [-0.1, -0.05) is 37.6 Å². The second-order valence-corrected chi connectivity index (χ2v) is 3.95. The number of hydrogen-bond acceptors (Lipinski definition) is 2. The number of carboxylic acids is 1. The smallest absolute Gasteiger partial charge is 0.325 e. The zero-order valence-electron chi connectivity index (χ0n) is 9.48. The van der Waals surface area contributed by atoms with E-state index in [9.17, 15) is 9.90 Å². The summed E-state index contributed by atoms with van der Waals surface area (Å²) >= 11 is 5.87. The maximum Gasteiger partial charge on any atom is 0.325 e. The van der Waals surface area contributed by atoms with Gasteiger partial charge in [0.15, 0.2) is 0 Å². The third-order valence-electron chi connectivity index (χ3n) is 2.58. The molecule has 0 aromatic heterocycles. The fourth-order valence-electron chi connectivity index (χ4n) is 1.78. The number of carbonyl (C=O) groups is 1. The van der Waals surface area contributed by atoms with Crippen LogP contribution in [-0.4, -0.2) is 29.1 Å². The van der Waals surface area contributed by atoms with E-state index in [-0.39, 0.29) is 0 Å². The van der Waals surface area contributed by atoms with Gasteiger partial charge in [-0.2, -0.15) is 0 Å². The number of rotatable bonds is 5. The quantitative estimate of drug-likeness (QED) is 0.862. The largest absolute Gasteiger partial charge is 0.480 e. The molecule has 16 heavy (non-hydrogen) atoms. The average molecular weight is 242 g/mol. The molecule has 0 bridgehead atoms. The fraction of sp³-hybridized carbons (Fsp3) is 0.417. The van der Waals surface area contributed by atoms with Gasteiger partial charge in [0, 0.05) is 5.02 Å². The Morgan fingerprint density at radius 2 is 2.06 bits per heavy atom. The van der Waals surface area contributed by atoms with E-state index >= 15 is 0 Å². The lowest BCUT2D eigenvalue weighted by Gasteiger charge is -2.26. The van der Waals surface area contributed by atoms with Crippen LogP contribution >= 0.6 is 11.6 Å². The molecule has 88 valence electrons. The van der Waals surface area contributed by atoms with Crippen LogP contribution in [0.15, 0.2) is 24.3 Å². The monoisotopic (exact) mass is 241 g/mol. The van der Waals surface area contributed by atoms with Gasteiger partial charge in [-0.15, -0.1) is 0 Å². The van der Waals surface area contributed by atoms with E-state index in [4.69, 9.17) is 11.6 Å². The Balaban J connectivity index is 3.06. The molecular weight excluding hydrogens is 226 g/mol. The molecule has 0 saturated carbocycles. The second-order valence-electron chi connectivity index (χ2n) is 3.52. The van der Waals surface area contributed by atoms with Gasteiger partial charge in [0.05, 0.1) is 0 Å². The molecular formula is C12H16ClNO2. The predicted octanol–water partition coefficient (Wildman–Crippen LogP) is 2.81. The number of aliphatic carboxylic acids is 1. The molecule has 1 atom stereocenters. The third-order valence-corrected chi connectivity index (χ3v) is 2.81. The Labute approximate surface area is 101 Å². The molecule has 0 radical (unpaired) electrons. The molecule has 0 aliphatic heterocycles. The first-order chi connectivity index (χ1) is 7.60. The van der Waals surface area contributed by atoms with Crippen LogP contribution in [0.25, 0.3) is 0 Å². The van der Waals surface area contributed by atoms with Crippen LogP contribution in [0, 0.1) is 0 Å². The van der Waals surface area contributed by atoms with Crippen LogP contribution in [-0.2, 0) is 4.79 Å². The van der Waals surface area contributed by atoms with Crippen LogP contribution in [0.5, 0.6) is 0 Å². The molecule has 1 aromatic rings. The molecule has 1 N–H and O–H groups in total. The summed E-state index contributed by atoms with van der Waals surface area (Å²) < 4.78 is 0. The summed E-state index contributed by atoms with van der Waals surface area (Å²) in [7, 11) is 0. The summed E-state index contributed by atoms with van der Waals surface area (Å²) in [6.45, 7) is 5.29. The maximum absolute atomic E-state index is 11.3. The normalized spacial score (nSPS) is 12.8. The van der Waals surface area contributed by atoms with E-state index in [1.54, 1.807) is 24.3 Å². The van der Waals surface area contributed by atoms with Gasteiger partial charge in [-0.25, -0.2) is 0 Å². The van der Waals surface area contributed by atoms with Crippen LogP contribution in [0.1, 0.15) is 25.5 Å². The number of likely N-dealkylation sites (N-methyl/N-ethyl adjacent to an activating group) is 1. The summed E-state index contributed by atoms with van der Waals surface area (Å²) in [5, 5.41) is 9.83. The number of halogens is 1. The molecule has 1 aromatic carbocycles. The molecule has 3 nitrogen and oxygen atoms in total. The van der Waals surface area contributed by atoms with E-state index < -0.39 is 12.0 Å². The summed E-state index contributed by atoms with van der Waals surface area (Å²) in [4.78, 5) is 13.2. The van der Waals surface area contributed by atoms with Gasteiger partial charge in [0.1, 0.15) is 6.04 Å². The lowest BCUT2D eigenvalue weighted by Crippen LogP contribution is -2.33. The number of nitrogens with zero attached hydrogens (tertiary/aromatic N) is 1. The molecule has 0 heterocycles. The molecule has 0 saturated heterocycles. The van der Waals surface area contributed by atoms with Gasteiger partial charge < -0.3 is 5.11 Å². The van der Waals surface area contributed by atoms with Crippen molar-refractivity contribution in [1.82, 2.24) is 4.90 Å². The number of hydrogen-bond donors (Lipinski definition) is 1. The van der Waals surface area contributed by atoms with Crippen LogP contribution in [0.3, 0.4) is 0 Å². The van der Waals surface area contributed by atoms with E-state index in [1.165, 1.54) is 0 Å². The number of benzene rings is 1. The third kappa shape index (κ3) is 2.97. The van der Waals surface area contributed by atoms with Crippen LogP contribution in [0.2, 0.25) is 5.02 Å². The molecule has 1 rings (SSSR count). The minimum atomic E-state index is -0.842. The summed E-state index contributed by atoms with van der Waals surface area (Å²) in [5.74, 6) is -0.842. The maximum atomic E-state index is 11.3. The Morgan fingerprint density at radius 1 is 1.44 bits per heavy atom. The van der Waals surface area contributed by atoms with Crippen molar-refractivity contribution in [1.29, 1.82) is 0 Å². The van der Waals surface area contributed by atoms with Gasteiger partial charge in [-0.05, 0) is 30.8 Å². The molecule has 0 aliphatic carbocycles. The second kappa shape index (κ2) is 5.87. The SMILES string of the molecule is CCN(CC)C(C(=O)O)c1cccc(Cl)c1. The van der Waals surface area contributed by atoms with Crippen molar-refractivity contribution in [3.63, 3.8) is 0 Å². The average Bonchev–Trinajstić information content (AvgIpc) is 2.24. The zero-order chi connectivity index (χ0) is 12.1. The zero-order valence-corrected chi connectivity index (χ0v) is 10.2. The first kappa shape index (κ1) is 13.0. The Kier molecular flexibility index (Phi) is 4.77. The molecule has 0 fully saturated rings. The van der Waals surface area contributed by atoms with Gasteiger partial charge in [0.25, 0.3) is 0 Å². The van der Waals surface area contributed by atoms with E-state index in [0.29, 0.717) is 18.1 Å². The first-order valence-corrected chi connectivity index (χ1v) is 5.70. The first-order valence-electron chi connectivity index (χ1n) is 5.32. The molecule has 1 unspecified atom stereocenters. The van der Waals surface area contributed by atoms with Crippen molar-refractivity contribution >= 4 is 17.6 Å². The highest BCUT2D eigenvalue weighted by Crippen LogP contribution is 2.23. The fourth-order valence-corrected chi connectivity index (χ4v) is 1.97. The molecule has 0 aliphatic rings. The van der Waals surface area contributed by atoms with Crippen LogP contribution < -0.4 is 0 Å². The van der Waals surface area contributed by atoms with E-state index in [0.717, 1.165) is 5.56 Å². The Bertz CT molecular complexity index is 364. The summed E-state index contributed by atoms with van der Waals surface area (Å²) in [6, 6.07) is 6.40.